The van der Waals surface area contributed by atoms with Gasteiger partial charge in [0.1, 0.15) is 6.33 Å². The Kier molecular flexibility index (Phi) is 5.22. The van der Waals surface area contributed by atoms with E-state index in [1.165, 1.54) is 4.68 Å². The van der Waals surface area contributed by atoms with Gasteiger partial charge in [-0.2, -0.15) is 0 Å². The van der Waals surface area contributed by atoms with Crippen LogP contribution in [0.5, 0.6) is 0 Å². The summed E-state index contributed by atoms with van der Waals surface area (Å²) in [6.45, 7) is 4.07. The summed E-state index contributed by atoms with van der Waals surface area (Å²) in [5, 5.41) is 4.49. The molecule has 0 aliphatic heterocycles. The summed E-state index contributed by atoms with van der Waals surface area (Å²) >= 11 is 0. The van der Waals surface area contributed by atoms with Crippen molar-refractivity contribution in [2.75, 3.05) is 0 Å². The molecule has 0 saturated carbocycles. The van der Waals surface area contributed by atoms with Crippen molar-refractivity contribution in [1.82, 2.24) is 19.7 Å². The van der Waals surface area contributed by atoms with E-state index in [0.29, 0.717) is 17.0 Å². The van der Waals surface area contributed by atoms with Crippen molar-refractivity contribution < 1.29 is 4.79 Å². The lowest BCUT2D eigenvalue weighted by Crippen LogP contribution is -2.13. The summed E-state index contributed by atoms with van der Waals surface area (Å²) in [5.41, 5.74) is 11.9. The van der Waals surface area contributed by atoms with Crippen LogP contribution in [0.4, 0.5) is 0 Å². The highest BCUT2D eigenvalue weighted by molar-refractivity contribution is 6.22. The lowest BCUT2D eigenvalue weighted by molar-refractivity contribution is -0.112. The van der Waals surface area contributed by atoms with E-state index >= 15 is 0 Å². The van der Waals surface area contributed by atoms with Crippen LogP contribution in [0.2, 0.25) is 0 Å². The van der Waals surface area contributed by atoms with Crippen LogP contribution in [0, 0.1) is 13.8 Å². The van der Waals surface area contributed by atoms with Crippen LogP contribution in [0.15, 0.2) is 73.3 Å². The lowest BCUT2D eigenvalue weighted by Gasteiger charge is -2.06. The van der Waals surface area contributed by atoms with Gasteiger partial charge in [-0.3, -0.25) is 9.78 Å². The van der Waals surface area contributed by atoms with Gasteiger partial charge in [0.2, 0.25) is 0 Å². The van der Waals surface area contributed by atoms with Crippen molar-refractivity contribution >= 4 is 17.7 Å². The monoisotopic (exact) mass is 395 g/mol. The smallest absolute Gasteiger partial charge is 0.250 e. The van der Waals surface area contributed by atoms with Crippen LogP contribution in [-0.2, 0) is 4.79 Å². The zero-order chi connectivity index (χ0) is 21.1. The van der Waals surface area contributed by atoms with Gasteiger partial charge >= 0.3 is 0 Å². The van der Waals surface area contributed by atoms with Crippen LogP contribution in [0.1, 0.15) is 16.7 Å². The first-order valence-electron chi connectivity index (χ1n) is 9.52. The maximum absolute atomic E-state index is 12.1. The molecule has 1 amide bonds. The van der Waals surface area contributed by atoms with E-state index in [0.717, 1.165) is 27.8 Å². The maximum atomic E-state index is 12.1. The summed E-state index contributed by atoms with van der Waals surface area (Å²) in [7, 11) is 0. The number of carbonyl (C=O) groups excluding carboxylic acids is 1. The van der Waals surface area contributed by atoms with E-state index in [1.807, 2.05) is 62.4 Å². The zero-order valence-electron chi connectivity index (χ0n) is 16.8. The molecule has 0 saturated heterocycles. The Balaban J connectivity index is 1.65. The third-order valence-corrected chi connectivity index (χ3v) is 4.71. The predicted molar refractivity (Wildman–Crippen MR) is 118 cm³/mol. The SMILES string of the molecule is Cc1cc(C)cc(-c2ncn(/C=C(\C(N)=O)c3ccc(-c4cccnc4)cc3)n2)c1. The van der Waals surface area contributed by atoms with Crippen molar-refractivity contribution in [2.24, 2.45) is 5.73 Å². The van der Waals surface area contributed by atoms with E-state index in [4.69, 9.17) is 5.73 Å². The average Bonchev–Trinajstić information content (AvgIpc) is 3.21. The number of hydrogen-bond acceptors (Lipinski definition) is 4. The molecule has 4 aromatic rings. The van der Waals surface area contributed by atoms with E-state index in [9.17, 15) is 4.79 Å². The number of rotatable bonds is 5. The van der Waals surface area contributed by atoms with Gasteiger partial charge in [0.05, 0.1) is 5.57 Å². The molecule has 0 radical (unpaired) electrons. The van der Waals surface area contributed by atoms with Crippen molar-refractivity contribution in [3.63, 3.8) is 0 Å². The highest BCUT2D eigenvalue weighted by Gasteiger charge is 2.11. The quantitative estimate of drug-likeness (QED) is 0.515. The summed E-state index contributed by atoms with van der Waals surface area (Å²) in [5.74, 6) is 0.0568. The van der Waals surface area contributed by atoms with Crippen molar-refractivity contribution in [3.8, 4) is 22.5 Å². The van der Waals surface area contributed by atoms with E-state index in [-0.39, 0.29) is 0 Å². The molecule has 6 nitrogen and oxygen atoms in total. The van der Waals surface area contributed by atoms with Gasteiger partial charge in [-0.25, -0.2) is 9.67 Å². The molecule has 0 unspecified atom stereocenters. The minimum Gasteiger partial charge on any atom is -0.366 e. The number of carbonyl (C=O) groups is 1. The van der Waals surface area contributed by atoms with Gasteiger partial charge < -0.3 is 5.73 Å². The first-order valence-corrected chi connectivity index (χ1v) is 9.52. The number of aromatic nitrogens is 4. The fourth-order valence-electron chi connectivity index (χ4n) is 3.36. The molecule has 0 atom stereocenters. The fourth-order valence-corrected chi connectivity index (χ4v) is 3.36. The third kappa shape index (κ3) is 4.17. The van der Waals surface area contributed by atoms with E-state index in [1.54, 1.807) is 24.9 Å². The van der Waals surface area contributed by atoms with Gasteiger partial charge in [-0.05, 0) is 48.7 Å². The van der Waals surface area contributed by atoms with Crippen LogP contribution in [0.25, 0.3) is 34.3 Å². The molecule has 0 aliphatic rings. The Morgan fingerprint density at radius 2 is 1.70 bits per heavy atom. The first-order chi connectivity index (χ1) is 14.5. The van der Waals surface area contributed by atoms with Crippen molar-refractivity contribution in [2.45, 2.75) is 13.8 Å². The number of pyridine rings is 1. The Hall–Kier alpha value is -4.06. The Labute approximate surface area is 174 Å². The molecule has 2 heterocycles. The highest BCUT2D eigenvalue weighted by atomic mass is 16.1. The molecule has 6 heteroatoms. The summed E-state index contributed by atoms with van der Waals surface area (Å²) in [6.07, 6.45) is 6.69. The minimum atomic E-state index is -0.535. The molecular weight excluding hydrogens is 374 g/mol. The number of nitrogens with two attached hydrogens (primary N) is 1. The molecule has 2 aromatic heterocycles. The van der Waals surface area contributed by atoms with Crippen LogP contribution >= 0.6 is 0 Å². The second-order valence-corrected chi connectivity index (χ2v) is 7.15. The Bertz CT molecular complexity index is 1200. The molecule has 0 aliphatic carbocycles. The number of hydrogen-bond donors (Lipinski definition) is 1. The van der Waals surface area contributed by atoms with Gasteiger partial charge in [0.25, 0.3) is 5.91 Å². The molecule has 0 fully saturated rings. The maximum Gasteiger partial charge on any atom is 0.250 e. The standard InChI is InChI=1S/C24H21N5O/c1-16-10-17(2)12-21(11-16)24-27-15-29(28-24)14-22(23(25)30)19-7-5-18(6-8-19)20-4-3-9-26-13-20/h3-15H,1-2H3,(H2,25,30)/b22-14-. The van der Waals surface area contributed by atoms with E-state index < -0.39 is 5.91 Å². The second kappa shape index (κ2) is 8.13. The molecule has 30 heavy (non-hydrogen) atoms. The molecule has 0 bridgehead atoms. The van der Waals surface area contributed by atoms with Gasteiger partial charge in [-0.1, -0.05) is 47.5 Å². The molecular formula is C24H21N5O. The van der Waals surface area contributed by atoms with Gasteiger partial charge in [0.15, 0.2) is 5.82 Å². The van der Waals surface area contributed by atoms with Gasteiger partial charge in [-0.15, -0.1) is 5.10 Å². The molecule has 4 rings (SSSR count). The first kappa shape index (κ1) is 19.3. The normalized spacial score (nSPS) is 11.5. The molecule has 2 aromatic carbocycles. The zero-order valence-corrected chi connectivity index (χ0v) is 16.8. The highest BCUT2D eigenvalue weighted by Crippen LogP contribution is 2.23. The largest absolute Gasteiger partial charge is 0.366 e. The second-order valence-electron chi connectivity index (χ2n) is 7.15. The number of aryl methyl sites for hydroxylation is 2. The topological polar surface area (TPSA) is 86.7 Å². The number of nitrogens with zero attached hydrogens (tertiary/aromatic N) is 4. The fraction of sp³-hybridized carbons (Fsp3) is 0.0833. The molecule has 0 spiro atoms. The minimum absolute atomic E-state index is 0.351. The number of benzene rings is 2. The van der Waals surface area contributed by atoms with Crippen LogP contribution < -0.4 is 5.73 Å². The predicted octanol–water partition coefficient (Wildman–Crippen LogP) is 4.11. The van der Waals surface area contributed by atoms with Crippen molar-refractivity contribution in [3.05, 3.63) is 90.0 Å². The number of amides is 1. The Morgan fingerprint density at radius 1 is 0.967 bits per heavy atom. The third-order valence-electron chi connectivity index (χ3n) is 4.71. The lowest BCUT2D eigenvalue weighted by atomic mass is 10.0. The summed E-state index contributed by atoms with van der Waals surface area (Å²) in [6, 6.07) is 17.6. The molecule has 2 N–H and O–H groups in total. The number of primary amides is 1. The van der Waals surface area contributed by atoms with Crippen LogP contribution in [-0.4, -0.2) is 25.7 Å². The van der Waals surface area contributed by atoms with E-state index in [2.05, 4.69) is 21.1 Å². The average molecular weight is 395 g/mol. The summed E-state index contributed by atoms with van der Waals surface area (Å²) < 4.78 is 1.52. The Morgan fingerprint density at radius 3 is 2.33 bits per heavy atom. The van der Waals surface area contributed by atoms with Gasteiger partial charge in [0, 0.05) is 24.2 Å². The van der Waals surface area contributed by atoms with Crippen LogP contribution in [0.3, 0.4) is 0 Å². The van der Waals surface area contributed by atoms with Crippen molar-refractivity contribution in [1.29, 1.82) is 0 Å². The summed E-state index contributed by atoms with van der Waals surface area (Å²) in [4.78, 5) is 20.6. The molecule has 148 valence electrons.